The Morgan fingerprint density at radius 3 is 2.63 bits per heavy atom. The molecular weight excluding hydrogens is 256 g/mol. The lowest BCUT2D eigenvalue weighted by molar-refractivity contribution is 0.0488. The summed E-state index contributed by atoms with van der Waals surface area (Å²) in [6.45, 7) is 4.41. The van der Waals surface area contributed by atoms with Crippen LogP contribution in [0.2, 0.25) is 0 Å². The number of ketones is 1. The molecule has 19 heavy (non-hydrogen) atoms. The normalized spacial score (nSPS) is 12.3. The van der Waals surface area contributed by atoms with Gasteiger partial charge in [0, 0.05) is 16.9 Å². The van der Waals surface area contributed by atoms with E-state index in [4.69, 9.17) is 4.74 Å². The van der Waals surface area contributed by atoms with Gasteiger partial charge in [0.05, 0.1) is 6.61 Å². The van der Waals surface area contributed by atoms with E-state index in [1.54, 1.807) is 11.3 Å². The Kier molecular flexibility index (Phi) is 4.88. The van der Waals surface area contributed by atoms with E-state index in [1.807, 2.05) is 44.2 Å². The summed E-state index contributed by atoms with van der Waals surface area (Å²) < 4.78 is 5.62. The van der Waals surface area contributed by atoms with E-state index < -0.39 is 0 Å². The van der Waals surface area contributed by atoms with E-state index in [1.165, 1.54) is 4.88 Å². The second-order valence-electron chi connectivity index (χ2n) is 4.57. The van der Waals surface area contributed by atoms with Crippen molar-refractivity contribution in [1.29, 1.82) is 0 Å². The molecule has 2 aromatic rings. The van der Waals surface area contributed by atoms with Crippen molar-refractivity contribution in [2.24, 2.45) is 0 Å². The molecule has 1 unspecified atom stereocenters. The largest absolute Gasteiger partial charge is 0.370 e. The summed E-state index contributed by atoms with van der Waals surface area (Å²) >= 11 is 1.72. The zero-order chi connectivity index (χ0) is 13.7. The molecule has 0 N–H and O–H groups in total. The molecule has 0 radical (unpaired) electrons. The number of rotatable bonds is 6. The van der Waals surface area contributed by atoms with E-state index in [0.717, 1.165) is 12.0 Å². The Balaban J connectivity index is 1.83. The number of carbonyl (C=O) groups excluding carboxylic acids is 1. The van der Waals surface area contributed by atoms with E-state index in [-0.39, 0.29) is 11.9 Å². The Morgan fingerprint density at radius 1 is 1.26 bits per heavy atom. The molecule has 0 fully saturated rings. The topological polar surface area (TPSA) is 26.3 Å². The molecule has 1 heterocycles. The van der Waals surface area contributed by atoms with Crippen molar-refractivity contribution in [3.05, 3.63) is 57.8 Å². The summed E-state index contributed by atoms with van der Waals surface area (Å²) in [4.78, 5) is 13.4. The molecule has 0 aliphatic rings. The molecule has 0 saturated carbocycles. The summed E-state index contributed by atoms with van der Waals surface area (Å²) in [5.74, 6) is 0.0474. The fourth-order valence-corrected chi connectivity index (χ4v) is 2.51. The summed E-state index contributed by atoms with van der Waals surface area (Å²) in [5, 5.41) is 2.05. The smallest absolute Gasteiger partial charge is 0.191 e. The average Bonchev–Trinajstić information content (AvgIpc) is 2.92. The maximum absolute atomic E-state index is 12.1. The number of hydrogen-bond donors (Lipinski definition) is 0. The third-order valence-electron chi connectivity index (χ3n) is 3.00. The maximum Gasteiger partial charge on any atom is 0.191 e. The first-order chi connectivity index (χ1) is 9.16. The van der Waals surface area contributed by atoms with Gasteiger partial charge in [0.1, 0.15) is 6.10 Å². The van der Waals surface area contributed by atoms with Crippen molar-refractivity contribution in [2.75, 3.05) is 6.61 Å². The van der Waals surface area contributed by atoms with Crippen molar-refractivity contribution in [3.8, 4) is 0 Å². The molecule has 3 heteroatoms. The van der Waals surface area contributed by atoms with Crippen LogP contribution in [0.25, 0.3) is 0 Å². The first-order valence-corrected chi connectivity index (χ1v) is 7.29. The molecule has 100 valence electrons. The highest BCUT2D eigenvalue weighted by Crippen LogP contribution is 2.11. The van der Waals surface area contributed by atoms with Crippen molar-refractivity contribution in [3.63, 3.8) is 0 Å². The predicted molar refractivity (Wildman–Crippen MR) is 78.9 cm³/mol. The Bertz CT molecular complexity index is 514. The van der Waals surface area contributed by atoms with Gasteiger partial charge >= 0.3 is 0 Å². The minimum absolute atomic E-state index is 0.0474. The standard InChI is InChI=1S/C16H18O2S/c1-12-5-7-14(8-6-12)16(17)13(2)18-10-9-15-4-3-11-19-15/h3-8,11,13H,9-10H2,1-2H3. The lowest BCUT2D eigenvalue weighted by atomic mass is 10.1. The fourth-order valence-electron chi connectivity index (χ4n) is 1.82. The van der Waals surface area contributed by atoms with Gasteiger partial charge in [-0.3, -0.25) is 4.79 Å². The molecule has 1 aromatic carbocycles. The molecule has 2 rings (SSSR count). The van der Waals surface area contributed by atoms with Crippen molar-refractivity contribution >= 4 is 17.1 Å². The fraction of sp³-hybridized carbons (Fsp3) is 0.312. The van der Waals surface area contributed by atoms with Crippen LogP contribution in [0, 0.1) is 6.92 Å². The van der Waals surface area contributed by atoms with Crippen molar-refractivity contribution in [1.82, 2.24) is 0 Å². The van der Waals surface area contributed by atoms with E-state index in [9.17, 15) is 4.79 Å². The Labute approximate surface area is 118 Å². The predicted octanol–water partition coefficient (Wildman–Crippen LogP) is 3.89. The van der Waals surface area contributed by atoms with Gasteiger partial charge in [-0.2, -0.15) is 0 Å². The first-order valence-electron chi connectivity index (χ1n) is 6.41. The SMILES string of the molecule is Cc1ccc(C(=O)C(C)OCCc2cccs2)cc1. The van der Waals surface area contributed by atoms with Crippen molar-refractivity contribution in [2.45, 2.75) is 26.4 Å². The molecule has 0 bridgehead atoms. The molecule has 0 saturated heterocycles. The maximum atomic E-state index is 12.1. The molecule has 1 aromatic heterocycles. The molecule has 0 amide bonds. The second kappa shape index (κ2) is 6.64. The van der Waals surface area contributed by atoms with E-state index in [0.29, 0.717) is 12.2 Å². The van der Waals surface area contributed by atoms with Gasteiger partial charge in [-0.1, -0.05) is 35.9 Å². The van der Waals surface area contributed by atoms with Gasteiger partial charge in [0.2, 0.25) is 0 Å². The molecule has 0 spiro atoms. The average molecular weight is 274 g/mol. The van der Waals surface area contributed by atoms with Crippen LogP contribution in [0.5, 0.6) is 0 Å². The van der Waals surface area contributed by atoms with Gasteiger partial charge in [-0.25, -0.2) is 0 Å². The summed E-state index contributed by atoms with van der Waals surface area (Å²) in [7, 11) is 0. The van der Waals surface area contributed by atoms with Crippen LogP contribution in [-0.2, 0) is 11.2 Å². The van der Waals surface area contributed by atoms with Crippen LogP contribution in [0.15, 0.2) is 41.8 Å². The van der Waals surface area contributed by atoms with Crippen LogP contribution in [0.1, 0.15) is 27.7 Å². The van der Waals surface area contributed by atoms with Gasteiger partial charge < -0.3 is 4.74 Å². The minimum atomic E-state index is -0.386. The zero-order valence-corrected chi connectivity index (χ0v) is 12.1. The van der Waals surface area contributed by atoms with Crippen LogP contribution in [0.4, 0.5) is 0 Å². The number of Topliss-reactive ketones (excluding diaryl/α,β-unsaturated/α-hetero) is 1. The number of aryl methyl sites for hydroxylation is 1. The molecule has 0 aliphatic carbocycles. The van der Waals surface area contributed by atoms with Gasteiger partial charge in [-0.05, 0) is 25.3 Å². The van der Waals surface area contributed by atoms with Crippen molar-refractivity contribution < 1.29 is 9.53 Å². The minimum Gasteiger partial charge on any atom is -0.370 e. The van der Waals surface area contributed by atoms with Crippen LogP contribution >= 0.6 is 11.3 Å². The zero-order valence-electron chi connectivity index (χ0n) is 11.3. The van der Waals surface area contributed by atoms with Gasteiger partial charge in [-0.15, -0.1) is 11.3 Å². The molecular formula is C16H18O2S. The quantitative estimate of drug-likeness (QED) is 0.747. The summed E-state index contributed by atoms with van der Waals surface area (Å²) in [6.07, 6.45) is 0.478. The van der Waals surface area contributed by atoms with Gasteiger partial charge in [0.25, 0.3) is 0 Å². The van der Waals surface area contributed by atoms with Crippen LogP contribution < -0.4 is 0 Å². The van der Waals surface area contributed by atoms with Gasteiger partial charge in [0.15, 0.2) is 5.78 Å². The Hall–Kier alpha value is -1.45. The number of benzene rings is 1. The second-order valence-corrected chi connectivity index (χ2v) is 5.60. The van der Waals surface area contributed by atoms with Crippen LogP contribution in [-0.4, -0.2) is 18.5 Å². The summed E-state index contributed by atoms with van der Waals surface area (Å²) in [5.41, 5.74) is 1.87. The Morgan fingerprint density at radius 2 is 2.00 bits per heavy atom. The third-order valence-corrected chi connectivity index (χ3v) is 3.94. The number of carbonyl (C=O) groups is 1. The third kappa shape index (κ3) is 4.01. The molecule has 2 nitrogen and oxygen atoms in total. The lowest BCUT2D eigenvalue weighted by Crippen LogP contribution is -2.21. The summed E-state index contributed by atoms with van der Waals surface area (Å²) in [6, 6.07) is 11.7. The number of hydrogen-bond acceptors (Lipinski definition) is 3. The number of ether oxygens (including phenoxy) is 1. The molecule has 1 atom stereocenters. The monoisotopic (exact) mass is 274 g/mol. The van der Waals surface area contributed by atoms with E-state index in [2.05, 4.69) is 11.4 Å². The highest BCUT2D eigenvalue weighted by atomic mass is 32.1. The highest BCUT2D eigenvalue weighted by molar-refractivity contribution is 7.09. The molecule has 0 aliphatic heterocycles. The lowest BCUT2D eigenvalue weighted by Gasteiger charge is -2.11. The first kappa shape index (κ1) is 14.0. The van der Waals surface area contributed by atoms with Crippen LogP contribution in [0.3, 0.4) is 0 Å². The number of thiophene rings is 1. The van der Waals surface area contributed by atoms with E-state index >= 15 is 0 Å². The highest BCUT2D eigenvalue weighted by Gasteiger charge is 2.15.